The Labute approximate surface area is 203 Å². The number of halogens is 1. The lowest BCUT2D eigenvalue weighted by Gasteiger charge is -2.20. The molecule has 172 valence electrons. The second-order valence-corrected chi connectivity index (χ2v) is 8.92. The maximum absolute atomic E-state index is 11.7. The van der Waals surface area contributed by atoms with Crippen molar-refractivity contribution in [2.45, 2.75) is 18.4 Å². The molecule has 0 aliphatic carbocycles. The Balaban J connectivity index is 1.98. The van der Waals surface area contributed by atoms with Crippen LogP contribution in [0.1, 0.15) is 16.8 Å². The summed E-state index contributed by atoms with van der Waals surface area (Å²) in [6.07, 6.45) is 7.04. The van der Waals surface area contributed by atoms with Gasteiger partial charge in [-0.15, -0.1) is 11.8 Å². The molecule has 33 heavy (non-hydrogen) atoms. The van der Waals surface area contributed by atoms with Crippen molar-refractivity contribution in [1.82, 2.24) is 20.2 Å². The van der Waals surface area contributed by atoms with Gasteiger partial charge in [-0.2, -0.15) is 0 Å². The van der Waals surface area contributed by atoms with Crippen LogP contribution in [0.5, 0.6) is 5.75 Å². The number of allylic oxidation sites excluding steroid dienone is 2. The van der Waals surface area contributed by atoms with Gasteiger partial charge in [-0.1, -0.05) is 36.4 Å². The molecule has 0 aliphatic heterocycles. The number of nitrogens with zero attached hydrogens (tertiary/aromatic N) is 3. The summed E-state index contributed by atoms with van der Waals surface area (Å²) in [5.74, 6) is 0.856. The molecule has 0 bridgehead atoms. The molecular weight excluding hydrogens is 456 g/mol. The predicted octanol–water partition coefficient (Wildman–Crippen LogP) is 5.10. The minimum Gasteiger partial charge on any atom is -0.487 e. The number of para-hydroxylation sites is 1. The summed E-state index contributed by atoms with van der Waals surface area (Å²) in [5, 5.41) is 4.09. The molecular formula is C25H27ClN4O2S. The number of carbonyl (C=O) groups excluding carboxylic acids is 1. The van der Waals surface area contributed by atoms with Gasteiger partial charge < -0.3 is 15.0 Å². The summed E-state index contributed by atoms with van der Waals surface area (Å²) in [6, 6.07) is 7.95. The molecule has 1 N–H and O–H groups in total. The number of nitrogens with one attached hydrogen (secondary N) is 1. The zero-order valence-corrected chi connectivity index (χ0v) is 20.8. The van der Waals surface area contributed by atoms with Crippen LogP contribution in [0.3, 0.4) is 0 Å². The lowest BCUT2D eigenvalue weighted by Crippen LogP contribution is -2.19. The summed E-state index contributed by atoms with van der Waals surface area (Å²) in [4.78, 5) is 23.5. The van der Waals surface area contributed by atoms with Crippen molar-refractivity contribution < 1.29 is 9.53 Å². The van der Waals surface area contributed by atoms with E-state index in [9.17, 15) is 4.79 Å². The minimum atomic E-state index is -0.0719. The molecule has 2 heterocycles. The van der Waals surface area contributed by atoms with E-state index in [-0.39, 0.29) is 18.3 Å². The van der Waals surface area contributed by atoms with Crippen molar-refractivity contribution in [3.05, 3.63) is 77.2 Å². The van der Waals surface area contributed by atoms with Gasteiger partial charge in [0.2, 0.25) is 5.91 Å². The monoisotopic (exact) mass is 482 g/mol. The number of thioether (sulfide) groups is 1. The van der Waals surface area contributed by atoms with Gasteiger partial charge in [0, 0.05) is 66.3 Å². The molecule has 3 rings (SSSR count). The molecule has 1 aromatic carbocycles. The highest BCUT2D eigenvalue weighted by atomic mass is 35.5. The molecule has 0 saturated heterocycles. The van der Waals surface area contributed by atoms with Gasteiger partial charge in [0.15, 0.2) is 0 Å². The van der Waals surface area contributed by atoms with Crippen molar-refractivity contribution in [1.29, 1.82) is 0 Å². The Morgan fingerprint density at radius 1 is 1.33 bits per heavy atom. The number of benzene rings is 1. The van der Waals surface area contributed by atoms with Gasteiger partial charge in [-0.3, -0.25) is 9.78 Å². The molecule has 0 saturated carbocycles. The van der Waals surface area contributed by atoms with Crippen LogP contribution in [0.4, 0.5) is 0 Å². The molecule has 0 aliphatic rings. The highest BCUT2D eigenvalue weighted by molar-refractivity contribution is 8.00. The second kappa shape index (κ2) is 11.2. The van der Waals surface area contributed by atoms with Gasteiger partial charge in [0.25, 0.3) is 0 Å². The molecule has 1 amide bonds. The topological polar surface area (TPSA) is 67.3 Å². The Kier molecular flexibility index (Phi) is 8.36. The largest absolute Gasteiger partial charge is 0.487 e. The van der Waals surface area contributed by atoms with Crippen LogP contribution < -0.4 is 10.1 Å². The molecule has 0 atom stereocenters. The Morgan fingerprint density at radius 2 is 2.12 bits per heavy atom. The molecule has 8 heteroatoms. The summed E-state index contributed by atoms with van der Waals surface area (Å²) in [6.45, 7) is 6.04. The number of aryl methyl sites for hydroxylation is 1. The van der Waals surface area contributed by atoms with E-state index < -0.39 is 0 Å². The van der Waals surface area contributed by atoms with Crippen LogP contribution >= 0.6 is 23.4 Å². The number of amides is 1. The van der Waals surface area contributed by atoms with Crippen LogP contribution in [-0.4, -0.2) is 47.7 Å². The van der Waals surface area contributed by atoms with Gasteiger partial charge in [0.1, 0.15) is 17.9 Å². The van der Waals surface area contributed by atoms with Crippen LogP contribution in [-0.2, 0) is 11.4 Å². The van der Waals surface area contributed by atoms with E-state index >= 15 is 0 Å². The predicted molar refractivity (Wildman–Crippen MR) is 137 cm³/mol. The fourth-order valence-electron chi connectivity index (χ4n) is 3.34. The zero-order chi connectivity index (χ0) is 24.0. The first-order chi connectivity index (χ1) is 15.8. The van der Waals surface area contributed by atoms with Gasteiger partial charge >= 0.3 is 0 Å². The first kappa shape index (κ1) is 24.6. The molecule has 0 fully saturated rings. The third kappa shape index (κ3) is 5.86. The Bertz CT molecular complexity index is 1210. The van der Waals surface area contributed by atoms with E-state index in [1.54, 1.807) is 25.5 Å². The second-order valence-electron chi connectivity index (χ2n) is 7.49. The SMILES string of the molecule is C=C/C=C(/c1cc(C)nc2c(OCc3c(Cl)cncc3SCC(=O)NC)cccc12)N(C)C. The van der Waals surface area contributed by atoms with Gasteiger partial charge in [0.05, 0.1) is 10.8 Å². The van der Waals surface area contributed by atoms with Crippen molar-refractivity contribution >= 4 is 45.9 Å². The van der Waals surface area contributed by atoms with Gasteiger partial charge in [-0.25, -0.2) is 4.98 Å². The van der Waals surface area contributed by atoms with E-state index in [1.807, 2.05) is 45.3 Å². The highest BCUT2D eigenvalue weighted by Crippen LogP contribution is 2.33. The molecule has 0 unspecified atom stereocenters. The molecule has 2 aromatic heterocycles. The number of hydrogen-bond donors (Lipinski definition) is 1. The summed E-state index contributed by atoms with van der Waals surface area (Å²) in [7, 11) is 5.61. The van der Waals surface area contributed by atoms with Crippen LogP contribution in [0, 0.1) is 6.92 Å². The fraction of sp³-hybridized carbons (Fsp3) is 0.240. The average molecular weight is 483 g/mol. The van der Waals surface area contributed by atoms with Gasteiger partial charge in [-0.05, 0) is 25.1 Å². The molecule has 0 radical (unpaired) electrons. The van der Waals surface area contributed by atoms with Crippen molar-refractivity contribution in [3.8, 4) is 5.75 Å². The van der Waals surface area contributed by atoms with Crippen molar-refractivity contribution in [2.24, 2.45) is 0 Å². The first-order valence-electron chi connectivity index (χ1n) is 10.3. The fourth-order valence-corrected chi connectivity index (χ4v) is 4.52. The van der Waals surface area contributed by atoms with E-state index in [4.69, 9.17) is 21.3 Å². The average Bonchev–Trinajstić information content (AvgIpc) is 2.79. The van der Waals surface area contributed by atoms with E-state index in [1.165, 1.54) is 11.8 Å². The Morgan fingerprint density at radius 3 is 2.82 bits per heavy atom. The molecule has 0 spiro atoms. The minimum absolute atomic E-state index is 0.0719. The highest BCUT2D eigenvalue weighted by Gasteiger charge is 2.15. The summed E-state index contributed by atoms with van der Waals surface area (Å²) >= 11 is 7.80. The number of aromatic nitrogens is 2. The molecule has 6 nitrogen and oxygen atoms in total. The lowest BCUT2D eigenvalue weighted by molar-refractivity contribution is -0.118. The molecule has 3 aromatic rings. The summed E-state index contributed by atoms with van der Waals surface area (Å²) in [5.41, 5.74) is 4.52. The van der Waals surface area contributed by atoms with Crippen LogP contribution in [0.25, 0.3) is 16.6 Å². The first-order valence-corrected chi connectivity index (χ1v) is 11.7. The Hall–Kier alpha value is -3.03. The quantitative estimate of drug-likeness (QED) is 0.338. The number of ether oxygens (including phenoxy) is 1. The number of carbonyl (C=O) groups is 1. The third-order valence-corrected chi connectivity index (χ3v) is 6.33. The maximum atomic E-state index is 11.7. The van der Waals surface area contributed by atoms with E-state index in [2.05, 4.69) is 27.8 Å². The summed E-state index contributed by atoms with van der Waals surface area (Å²) < 4.78 is 6.23. The maximum Gasteiger partial charge on any atom is 0.230 e. The number of pyridine rings is 2. The van der Waals surface area contributed by atoms with Crippen LogP contribution in [0.15, 0.2) is 60.3 Å². The van der Waals surface area contributed by atoms with Crippen LogP contribution in [0.2, 0.25) is 5.02 Å². The number of fused-ring (bicyclic) bond motifs is 1. The normalized spacial score (nSPS) is 11.4. The lowest BCUT2D eigenvalue weighted by atomic mass is 10.0. The van der Waals surface area contributed by atoms with E-state index in [0.29, 0.717) is 10.8 Å². The van der Waals surface area contributed by atoms with E-state index in [0.717, 1.165) is 38.3 Å². The zero-order valence-electron chi connectivity index (χ0n) is 19.2. The standard InChI is InChI=1S/C25H27ClN4O2S/c1-6-8-21(30(4)5)18-11-16(2)29-25-17(18)9-7-10-22(25)32-14-19-20(26)12-28-13-23(19)33-15-24(31)27-3/h6-13H,1,14-15H2,2-5H3,(H,27,31)/b21-8-. The number of hydrogen-bond acceptors (Lipinski definition) is 6. The van der Waals surface area contributed by atoms with Crippen molar-refractivity contribution in [2.75, 3.05) is 26.9 Å². The van der Waals surface area contributed by atoms with Crippen molar-refractivity contribution in [3.63, 3.8) is 0 Å². The smallest absolute Gasteiger partial charge is 0.230 e. The number of rotatable bonds is 9. The third-order valence-electron chi connectivity index (χ3n) is 4.94.